The Hall–Kier alpha value is -2.43. The van der Waals surface area contributed by atoms with Gasteiger partial charge in [-0.15, -0.1) is 6.58 Å². The molecule has 5 atom stereocenters. The van der Waals surface area contributed by atoms with E-state index in [1.54, 1.807) is 0 Å². The predicted molar refractivity (Wildman–Crippen MR) is 96.4 cm³/mol. The minimum atomic E-state index is -0.652. The van der Waals surface area contributed by atoms with Gasteiger partial charge in [-0.1, -0.05) is 13.0 Å². The molecule has 5 heteroatoms. The van der Waals surface area contributed by atoms with Crippen LogP contribution >= 0.6 is 0 Å². The van der Waals surface area contributed by atoms with Crippen molar-refractivity contribution >= 4 is 17.5 Å². The second-order valence-electron chi connectivity index (χ2n) is 8.74. The zero-order chi connectivity index (χ0) is 19.3. The minimum absolute atomic E-state index is 0.118. The van der Waals surface area contributed by atoms with E-state index in [1.807, 2.05) is 26.8 Å². The lowest BCUT2D eigenvalue weighted by molar-refractivity contribution is -0.126. The molecule has 1 fully saturated rings. The second-order valence-corrected chi connectivity index (χ2v) is 8.74. The lowest BCUT2D eigenvalue weighted by Crippen LogP contribution is -2.53. The van der Waals surface area contributed by atoms with Crippen LogP contribution in [-0.2, 0) is 14.9 Å². The number of rotatable bonds is 1. The van der Waals surface area contributed by atoms with Gasteiger partial charge in [-0.2, -0.15) is 0 Å². The first-order valence-electron chi connectivity index (χ1n) is 9.53. The fraction of sp³-hybridized carbons (Fsp3) is 0.500. The van der Waals surface area contributed by atoms with Gasteiger partial charge >= 0.3 is 5.97 Å². The fourth-order valence-electron chi connectivity index (χ4n) is 6.10. The third-order valence-corrected chi connectivity index (χ3v) is 7.64. The summed E-state index contributed by atoms with van der Waals surface area (Å²) in [6, 6.07) is 0. The molecule has 5 nitrogen and oxygen atoms in total. The molecule has 3 aliphatic carbocycles. The predicted octanol–water partition coefficient (Wildman–Crippen LogP) is 3.78. The summed E-state index contributed by atoms with van der Waals surface area (Å²) in [4.78, 5) is 38.6. The maximum absolute atomic E-state index is 13.5. The fourth-order valence-corrected chi connectivity index (χ4v) is 6.10. The standard InChI is InChI=1S/C22H22O5/c1-5-11-8-21(3)13(6-7-14(21)23)15-16(11)22(4)10(2)27-20(25)12-9-26-19(17(12)22)18(15)24/h5,9-11,13H,1,6-8H2,2-4H3/t10-,11-,13?,21+,22-/m1/s1. The van der Waals surface area contributed by atoms with Gasteiger partial charge < -0.3 is 9.15 Å². The van der Waals surface area contributed by atoms with Crippen molar-refractivity contribution in [1.82, 2.24) is 0 Å². The Labute approximate surface area is 157 Å². The number of carbonyl (C=O) groups excluding carboxylic acids is 3. The molecule has 1 aliphatic heterocycles. The van der Waals surface area contributed by atoms with Gasteiger partial charge in [0, 0.05) is 34.8 Å². The first-order valence-corrected chi connectivity index (χ1v) is 9.53. The third-order valence-electron chi connectivity index (χ3n) is 7.64. The van der Waals surface area contributed by atoms with Crippen LogP contribution in [0.2, 0.25) is 0 Å². The van der Waals surface area contributed by atoms with E-state index in [0.717, 1.165) is 5.57 Å². The zero-order valence-corrected chi connectivity index (χ0v) is 15.8. The van der Waals surface area contributed by atoms with Crippen LogP contribution in [0.1, 0.15) is 66.5 Å². The van der Waals surface area contributed by atoms with E-state index >= 15 is 0 Å². The largest absolute Gasteiger partial charge is 0.460 e. The number of ketones is 2. The molecule has 140 valence electrons. The summed E-state index contributed by atoms with van der Waals surface area (Å²) < 4.78 is 11.3. The number of allylic oxidation sites excluding steroid dienone is 2. The number of Topliss-reactive ketones (excluding diaryl/α,β-unsaturated/α-hetero) is 2. The van der Waals surface area contributed by atoms with E-state index in [9.17, 15) is 14.4 Å². The zero-order valence-electron chi connectivity index (χ0n) is 15.8. The number of esters is 1. The highest BCUT2D eigenvalue weighted by atomic mass is 16.5. The van der Waals surface area contributed by atoms with Gasteiger partial charge in [0.25, 0.3) is 0 Å². The molecule has 27 heavy (non-hydrogen) atoms. The summed E-state index contributed by atoms with van der Waals surface area (Å²) in [6.07, 6.45) is 4.56. The van der Waals surface area contributed by atoms with Crippen LogP contribution in [0.25, 0.3) is 0 Å². The molecule has 1 aromatic heterocycles. The van der Waals surface area contributed by atoms with Crippen molar-refractivity contribution in [3.8, 4) is 0 Å². The molecule has 0 spiro atoms. The lowest BCUT2D eigenvalue weighted by Gasteiger charge is -2.51. The molecule has 0 radical (unpaired) electrons. The summed E-state index contributed by atoms with van der Waals surface area (Å²) in [5.74, 6) is -0.407. The van der Waals surface area contributed by atoms with E-state index in [1.165, 1.54) is 6.26 Å². The Morgan fingerprint density at radius 1 is 1.26 bits per heavy atom. The molecular weight excluding hydrogens is 344 g/mol. The average molecular weight is 366 g/mol. The van der Waals surface area contributed by atoms with Gasteiger partial charge in [0.1, 0.15) is 23.7 Å². The lowest BCUT2D eigenvalue weighted by atomic mass is 9.52. The van der Waals surface area contributed by atoms with Crippen LogP contribution in [0.4, 0.5) is 0 Å². The summed E-state index contributed by atoms with van der Waals surface area (Å²) in [5.41, 5.74) is 1.44. The van der Waals surface area contributed by atoms with Crippen molar-refractivity contribution in [1.29, 1.82) is 0 Å². The number of cyclic esters (lactones) is 1. The average Bonchev–Trinajstić information content (AvgIpc) is 3.20. The maximum atomic E-state index is 13.5. The van der Waals surface area contributed by atoms with Gasteiger partial charge in [0.05, 0.1) is 5.41 Å². The van der Waals surface area contributed by atoms with Crippen molar-refractivity contribution in [2.75, 3.05) is 0 Å². The quantitative estimate of drug-likeness (QED) is 0.559. The van der Waals surface area contributed by atoms with Gasteiger partial charge in [0.15, 0.2) is 5.76 Å². The number of furan rings is 1. The van der Waals surface area contributed by atoms with Crippen LogP contribution in [0, 0.1) is 17.3 Å². The normalized spacial score (nSPS) is 39.7. The maximum Gasteiger partial charge on any atom is 0.342 e. The molecule has 0 saturated heterocycles. The number of hydrogen-bond acceptors (Lipinski definition) is 5. The molecule has 0 amide bonds. The molecule has 1 aromatic rings. The smallest absolute Gasteiger partial charge is 0.342 e. The molecule has 1 unspecified atom stereocenters. The Morgan fingerprint density at radius 2 is 2.00 bits per heavy atom. The summed E-state index contributed by atoms with van der Waals surface area (Å²) in [6.45, 7) is 9.88. The van der Waals surface area contributed by atoms with Crippen molar-refractivity contribution in [3.05, 3.63) is 47.0 Å². The van der Waals surface area contributed by atoms with Gasteiger partial charge in [-0.05, 0) is 32.3 Å². The molecule has 5 rings (SSSR count). The Kier molecular flexibility index (Phi) is 3.03. The van der Waals surface area contributed by atoms with Crippen molar-refractivity contribution in [2.24, 2.45) is 17.3 Å². The topological polar surface area (TPSA) is 73.6 Å². The van der Waals surface area contributed by atoms with Crippen LogP contribution in [-0.4, -0.2) is 23.6 Å². The molecule has 0 bridgehead atoms. The number of fused-ring (bicyclic) bond motifs is 3. The molecule has 4 aliphatic rings. The first-order chi connectivity index (χ1) is 12.7. The second kappa shape index (κ2) is 4.89. The molecule has 2 heterocycles. The highest BCUT2D eigenvalue weighted by Crippen LogP contribution is 2.62. The van der Waals surface area contributed by atoms with E-state index in [4.69, 9.17) is 9.15 Å². The molecule has 0 N–H and O–H groups in total. The highest BCUT2D eigenvalue weighted by molar-refractivity contribution is 6.14. The van der Waals surface area contributed by atoms with E-state index in [2.05, 4.69) is 6.58 Å². The molecule has 1 saturated carbocycles. The van der Waals surface area contributed by atoms with Crippen molar-refractivity contribution in [2.45, 2.75) is 51.6 Å². The molecule has 0 aromatic carbocycles. The van der Waals surface area contributed by atoms with Gasteiger partial charge in [-0.3, -0.25) is 9.59 Å². The Bertz CT molecular complexity index is 979. The van der Waals surface area contributed by atoms with Crippen molar-refractivity contribution in [3.63, 3.8) is 0 Å². The van der Waals surface area contributed by atoms with Crippen LogP contribution < -0.4 is 0 Å². The monoisotopic (exact) mass is 366 g/mol. The van der Waals surface area contributed by atoms with Crippen molar-refractivity contribution < 1.29 is 23.5 Å². The van der Waals surface area contributed by atoms with Gasteiger partial charge in [0.2, 0.25) is 5.78 Å². The van der Waals surface area contributed by atoms with E-state index in [-0.39, 0.29) is 29.2 Å². The van der Waals surface area contributed by atoms with Crippen LogP contribution in [0.3, 0.4) is 0 Å². The van der Waals surface area contributed by atoms with E-state index < -0.39 is 22.9 Å². The minimum Gasteiger partial charge on any atom is -0.460 e. The van der Waals surface area contributed by atoms with Crippen LogP contribution in [0.15, 0.2) is 34.5 Å². The summed E-state index contributed by atoms with van der Waals surface area (Å²) >= 11 is 0. The SMILES string of the molecule is C=C[C@@H]1C[C@]2(C)C(=O)CCC2C2=C1[C@]1(C)c3c(coc3C2=O)C(=O)O[C@@H]1C. The Morgan fingerprint density at radius 3 is 2.70 bits per heavy atom. The highest BCUT2D eigenvalue weighted by Gasteiger charge is 2.62. The number of hydrogen-bond donors (Lipinski definition) is 0. The summed E-state index contributed by atoms with van der Waals surface area (Å²) in [7, 11) is 0. The van der Waals surface area contributed by atoms with Gasteiger partial charge in [-0.25, -0.2) is 4.79 Å². The number of carbonyl (C=O) groups is 3. The summed E-state index contributed by atoms with van der Waals surface area (Å²) in [5, 5.41) is 0. The number of ether oxygens (including phenoxy) is 1. The van der Waals surface area contributed by atoms with E-state index in [0.29, 0.717) is 36.0 Å². The van der Waals surface area contributed by atoms with Crippen LogP contribution in [0.5, 0.6) is 0 Å². The third kappa shape index (κ3) is 1.69. The first kappa shape index (κ1) is 16.7. The Balaban J connectivity index is 1.86. The molecular formula is C22H22O5.